The average molecular weight is 273 g/mol. The molecule has 5 nitrogen and oxygen atoms in total. The number of hydrogen-bond donors (Lipinski definition) is 1. The van der Waals surface area contributed by atoms with E-state index in [9.17, 15) is 8.78 Å². The molecule has 0 saturated carbocycles. The Hall–Kier alpha value is -2.83. The van der Waals surface area contributed by atoms with Gasteiger partial charge >= 0.3 is 0 Å². The van der Waals surface area contributed by atoms with Crippen LogP contribution in [0, 0.1) is 11.6 Å². The van der Waals surface area contributed by atoms with E-state index in [2.05, 4.69) is 15.5 Å². The number of hydrogen-bond acceptors (Lipinski definition) is 4. The summed E-state index contributed by atoms with van der Waals surface area (Å²) in [6.07, 6.45) is 0. The van der Waals surface area contributed by atoms with Crippen molar-refractivity contribution in [3.05, 3.63) is 54.1 Å². The minimum Gasteiger partial charge on any atom is -0.398 e. The second-order valence-corrected chi connectivity index (χ2v) is 4.10. The van der Waals surface area contributed by atoms with Crippen LogP contribution >= 0.6 is 0 Å². The first-order valence-corrected chi connectivity index (χ1v) is 5.75. The summed E-state index contributed by atoms with van der Waals surface area (Å²) in [5.41, 5.74) is 6.76. The maximum Gasteiger partial charge on any atom is 0.189 e. The van der Waals surface area contributed by atoms with Gasteiger partial charge in [0, 0.05) is 17.3 Å². The van der Waals surface area contributed by atoms with Gasteiger partial charge in [-0.25, -0.2) is 8.78 Å². The minimum absolute atomic E-state index is 0.0757. The molecule has 0 fully saturated rings. The van der Waals surface area contributed by atoms with Crippen LogP contribution in [0.3, 0.4) is 0 Å². The van der Waals surface area contributed by atoms with Crippen LogP contribution in [0.5, 0.6) is 0 Å². The molecule has 0 atom stereocenters. The number of nitrogen functional groups attached to an aromatic ring is 1. The summed E-state index contributed by atoms with van der Waals surface area (Å²) in [7, 11) is 0. The summed E-state index contributed by atoms with van der Waals surface area (Å²) in [5, 5.41) is 11.0. The second-order valence-electron chi connectivity index (χ2n) is 4.10. The highest BCUT2D eigenvalue weighted by Crippen LogP contribution is 2.25. The predicted octanol–water partition coefficient (Wildman–Crippen LogP) is 2.19. The highest BCUT2D eigenvalue weighted by molar-refractivity contribution is 5.72. The fraction of sp³-hybridized carbons (Fsp3) is 0. The van der Waals surface area contributed by atoms with E-state index in [-0.39, 0.29) is 11.5 Å². The van der Waals surface area contributed by atoms with Crippen LogP contribution in [0.15, 0.2) is 42.5 Å². The van der Waals surface area contributed by atoms with Crippen LogP contribution in [0.4, 0.5) is 14.5 Å². The Bertz CT molecular complexity index is 769. The van der Waals surface area contributed by atoms with Crippen molar-refractivity contribution < 1.29 is 8.78 Å². The topological polar surface area (TPSA) is 69.6 Å². The number of nitrogens with two attached hydrogens (primary N) is 1. The van der Waals surface area contributed by atoms with Gasteiger partial charge in [0.25, 0.3) is 0 Å². The van der Waals surface area contributed by atoms with Gasteiger partial charge in [0.05, 0.1) is 0 Å². The monoisotopic (exact) mass is 273 g/mol. The summed E-state index contributed by atoms with van der Waals surface area (Å²) >= 11 is 0. The molecule has 0 radical (unpaired) electrons. The molecule has 0 amide bonds. The van der Waals surface area contributed by atoms with Gasteiger partial charge in [-0.05, 0) is 34.7 Å². The Balaban J connectivity index is 2.21. The zero-order valence-corrected chi connectivity index (χ0v) is 10.2. The Morgan fingerprint density at radius 3 is 2.65 bits per heavy atom. The molecule has 100 valence electrons. The number of aromatic nitrogens is 4. The molecule has 3 aromatic rings. The lowest BCUT2D eigenvalue weighted by Gasteiger charge is -2.07. The molecule has 0 aliphatic carbocycles. The fourth-order valence-electron chi connectivity index (χ4n) is 1.87. The van der Waals surface area contributed by atoms with Crippen LogP contribution in [0.2, 0.25) is 0 Å². The molecule has 0 unspecified atom stereocenters. The predicted molar refractivity (Wildman–Crippen MR) is 68.9 cm³/mol. The minimum atomic E-state index is -0.630. The van der Waals surface area contributed by atoms with Gasteiger partial charge in [-0.2, -0.15) is 4.68 Å². The summed E-state index contributed by atoms with van der Waals surface area (Å²) in [6, 6.07) is 9.96. The van der Waals surface area contributed by atoms with E-state index in [1.807, 2.05) is 0 Å². The molecular weight excluding hydrogens is 264 g/mol. The fourth-order valence-corrected chi connectivity index (χ4v) is 1.87. The van der Waals surface area contributed by atoms with Crippen molar-refractivity contribution in [2.45, 2.75) is 0 Å². The lowest BCUT2D eigenvalue weighted by atomic mass is 10.1. The van der Waals surface area contributed by atoms with Crippen LogP contribution in [0.25, 0.3) is 17.1 Å². The first-order chi connectivity index (χ1) is 9.66. The molecule has 2 N–H and O–H groups in total. The molecule has 0 aliphatic rings. The van der Waals surface area contributed by atoms with Gasteiger partial charge in [-0.1, -0.05) is 12.1 Å². The Labute approximate surface area is 112 Å². The summed E-state index contributed by atoms with van der Waals surface area (Å²) in [4.78, 5) is 0. The van der Waals surface area contributed by atoms with Crippen LogP contribution < -0.4 is 5.73 Å². The van der Waals surface area contributed by atoms with Crippen LogP contribution in [-0.4, -0.2) is 20.2 Å². The number of tetrazole rings is 1. The van der Waals surface area contributed by atoms with Crippen molar-refractivity contribution in [2.24, 2.45) is 0 Å². The largest absolute Gasteiger partial charge is 0.398 e. The molecule has 0 saturated heterocycles. The normalized spacial score (nSPS) is 10.7. The lowest BCUT2D eigenvalue weighted by molar-refractivity contribution is 0.584. The van der Waals surface area contributed by atoms with Crippen molar-refractivity contribution in [1.29, 1.82) is 0 Å². The van der Waals surface area contributed by atoms with Crippen molar-refractivity contribution >= 4 is 5.69 Å². The number of rotatable bonds is 2. The molecular formula is C13H9F2N5. The molecule has 0 spiro atoms. The van der Waals surface area contributed by atoms with E-state index >= 15 is 0 Å². The number of anilines is 1. The van der Waals surface area contributed by atoms with Crippen molar-refractivity contribution in [3.63, 3.8) is 0 Å². The summed E-state index contributed by atoms with van der Waals surface area (Å²) < 4.78 is 28.2. The zero-order chi connectivity index (χ0) is 14.1. The molecule has 7 heteroatoms. The number of halogens is 2. The quantitative estimate of drug-likeness (QED) is 0.727. The third-order valence-electron chi connectivity index (χ3n) is 2.81. The zero-order valence-electron chi connectivity index (χ0n) is 10.2. The Morgan fingerprint density at radius 1 is 1.05 bits per heavy atom. The van der Waals surface area contributed by atoms with E-state index in [0.29, 0.717) is 11.3 Å². The van der Waals surface area contributed by atoms with Gasteiger partial charge < -0.3 is 5.73 Å². The van der Waals surface area contributed by atoms with Crippen molar-refractivity contribution in [2.75, 3.05) is 5.73 Å². The highest BCUT2D eigenvalue weighted by atomic mass is 19.1. The number of benzene rings is 2. The molecule has 20 heavy (non-hydrogen) atoms. The van der Waals surface area contributed by atoms with Gasteiger partial charge in [-0.15, -0.1) is 5.10 Å². The molecule has 1 aromatic heterocycles. The third-order valence-corrected chi connectivity index (χ3v) is 2.81. The number of nitrogens with zero attached hydrogens (tertiary/aromatic N) is 4. The molecule has 1 heterocycles. The smallest absolute Gasteiger partial charge is 0.189 e. The number of para-hydroxylation sites is 1. The molecule has 2 aromatic carbocycles. The lowest BCUT2D eigenvalue weighted by Crippen LogP contribution is -2.04. The SMILES string of the molecule is Nc1ccccc1-c1nnnn1-c1cc(F)ccc1F. The van der Waals surface area contributed by atoms with Crippen molar-refractivity contribution in [1.82, 2.24) is 20.2 Å². The average Bonchev–Trinajstić information content (AvgIpc) is 2.91. The van der Waals surface area contributed by atoms with Crippen LogP contribution in [0.1, 0.15) is 0 Å². The van der Waals surface area contributed by atoms with E-state index < -0.39 is 11.6 Å². The van der Waals surface area contributed by atoms with E-state index in [0.717, 1.165) is 22.9 Å². The first kappa shape index (κ1) is 12.2. The van der Waals surface area contributed by atoms with Gasteiger partial charge in [-0.3, -0.25) is 0 Å². The standard InChI is InChI=1S/C13H9F2N5/c14-8-5-6-10(15)12(7-8)20-13(17-18-19-20)9-3-1-2-4-11(9)16/h1-7H,16H2. The maximum absolute atomic E-state index is 13.8. The Kier molecular flexibility index (Phi) is 2.86. The van der Waals surface area contributed by atoms with E-state index in [1.165, 1.54) is 0 Å². The van der Waals surface area contributed by atoms with Crippen molar-refractivity contribution in [3.8, 4) is 17.1 Å². The van der Waals surface area contributed by atoms with Gasteiger partial charge in [0.2, 0.25) is 0 Å². The highest BCUT2D eigenvalue weighted by Gasteiger charge is 2.16. The summed E-state index contributed by atoms with van der Waals surface area (Å²) in [5.74, 6) is -0.967. The second kappa shape index (κ2) is 4.69. The molecule has 0 bridgehead atoms. The summed E-state index contributed by atoms with van der Waals surface area (Å²) in [6.45, 7) is 0. The third kappa shape index (κ3) is 1.99. The van der Waals surface area contributed by atoms with E-state index in [1.54, 1.807) is 24.3 Å². The van der Waals surface area contributed by atoms with Crippen LogP contribution in [-0.2, 0) is 0 Å². The Morgan fingerprint density at radius 2 is 1.85 bits per heavy atom. The van der Waals surface area contributed by atoms with Gasteiger partial charge in [0.1, 0.15) is 17.3 Å². The maximum atomic E-state index is 13.8. The van der Waals surface area contributed by atoms with E-state index in [4.69, 9.17) is 5.73 Å². The molecule has 0 aliphatic heterocycles. The van der Waals surface area contributed by atoms with Gasteiger partial charge in [0.15, 0.2) is 5.82 Å². The first-order valence-electron chi connectivity index (χ1n) is 5.75. The molecule has 3 rings (SSSR count).